The van der Waals surface area contributed by atoms with Crippen molar-refractivity contribution in [2.45, 2.75) is 6.92 Å². The van der Waals surface area contributed by atoms with Crippen LogP contribution in [-0.4, -0.2) is 38.1 Å². The van der Waals surface area contributed by atoms with Crippen molar-refractivity contribution in [3.63, 3.8) is 0 Å². The summed E-state index contributed by atoms with van der Waals surface area (Å²) in [6.45, 7) is 2.01. The number of carbonyl (C=O) groups is 2. The van der Waals surface area contributed by atoms with Crippen molar-refractivity contribution in [2.24, 2.45) is 5.10 Å². The second-order valence-corrected chi connectivity index (χ2v) is 7.35. The van der Waals surface area contributed by atoms with Gasteiger partial charge in [0.2, 0.25) is 0 Å². The zero-order valence-corrected chi connectivity index (χ0v) is 17.6. The number of hydrogen-bond acceptors (Lipinski definition) is 5. The third kappa shape index (κ3) is 4.96. The number of aryl methyl sites for hydroxylation is 1. The molecule has 0 saturated carbocycles. The zero-order valence-electron chi connectivity index (χ0n) is 17.6. The molecule has 0 saturated heterocycles. The number of nitrogens with one attached hydrogen (secondary N) is 1. The lowest BCUT2D eigenvalue weighted by Crippen LogP contribution is -1.99. The van der Waals surface area contributed by atoms with Crippen molar-refractivity contribution >= 4 is 23.8 Å². The van der Waals surface area contributed by atoms with E-state index in [2.05, 4.69) is 15.6 Å². The molecule has 4 rings (SSSR count). The van der Waals surface area contributed by atoms with Crippen LogP contribution < -0.4 is 5.43 Å². The van der Waals surface area contributed by atoms with Gasteiger partial charge < -0.3 is 10.2 Å². The third-order valence-electron chi connectivity index (χ3n) is 4.98. The Labute approximate surface area is 189 Å². The molecule has 0 fully saturated rings. The number of anilines is 1. The summed E-state index contributed by atoms with van der Waals surface area (Å²) in [5.41, 5.74) is 8.01. The minimum absolute atomic E-state index is 0.179. The lowest BCUT2D eigenvalue weighted by molar-refractivity contribution is 0.0686. The molecule has 0 atom stereocenters. The maximum Gasteiger partial charge on any atom is 0.335 e. The van der Waals surface area contributed by atoms with Crippen LogP contribution in [0.25, 0.3) is 16.9 Å². The second-order valence-electron chi connectivity index (χ2n) is 7.35. The number of aromatic carboxylic acids is 2. The van der Waals surface area contributed by atoms with E-state index in [9.17, 15) is 9.59 Å². The Morgan fingerprint density at radius 2 is 1.45 bits per heavy atom. The van der Waals surface area contributed by atoms with Crippen molar-refractivity contribution < 1.29 is 19.8 Å². The molecule has 33 heavy (non-hydrogen) atoms. The summed E-state index contributed by atoms with van der Waals surface area (Å²) in [5, 5.41) is 27.2. The van der Waals surface area contributed by atoms with E-state index in [1.54, 1.807) is 41.4 Å². The summed E-state index contributed by atoms with van der Waals surface area (Å²) in [6.07, 6.45) is 3.41. The van der Waals surface area contributed by atoms with Gasteiger partial charge in [-0.3, -0.25) is 5.43 Å². The molecule has 164 valence electrons. The maximum atomic E-state index is 11.2. The van der Waals surface area contributed by atoms with Gasteiger partial charge in [-0.15, -0.1) is 0 Å². The largest absolute Gasteiger partial charge is 0.478 e. The summed E-state index contributed by atoms with van der Waals surface area (Å²) in [4.78, 5) is 22.3. The highest BCUT2D eigenvalue weighted by Crippen LogP contribution is 2.24. The number of carboxylic acid groups (broad SMARTS) is 2. The molecule has 0 aliphatic carbocycles. The highest BCUT2D eigenvalue weighted by Gasteiger charge is 2.13. The van der Waals surface area contributed by atoms with Gasteiger partial charge in [0.25, 0.3) is 0 Å². The molecule has 0 spiro atoms. The van der Waals surface area contributed by atoms with Crippen LogP contribution in [0.4, 0.5) is 5.69 Å². The first kappa shape index (κ1) is 21.5. The smallest absolute Gasteiger partial charge is 0.335 e. The van der Waals surface area contributed by atoms with E-state index in [1.807, 2.05) is 31.2 Å². The molecular formula is C25H20N4O4. The Morgan fingerprint density at radius 3 is 2.03 bits per heavy atom. The summed E-state index contributed by atoms with van der Waals surface area (Å²) >= 11 is 0. The number of benzene rings is 3. The average Bonchev–Trinajstić information content (AvgIpc) is 3.24. The monoisotopic (exact) mass is 440 g/mol. The molecule has 4 aromatic rings. The molecule has 3 aromatic carbocycles. The standard InChI is InChI=1S/C25H20N4O4/c1-16-2-10-21(11-3-16)27-26-14-20-15-29(22-12-8-19(9-13-22)25(32)33)28-23(20)17-4-6-18(7-5-17)24(30)31/h2-15,27H,1H3,(H,30,31)(H,32,33)/b26-14+. The predicted octanol–water partition coefficient (Wildman–Crippen LogP) is 4.69. The summed E-state index contributed by atoms with van der Waals surface area (Å²) < 4.78 is 1.62. The number of hydrazone groups is 1. The normalized spacial score (nSPS) is 10.9. The highest BCUT2D eigenvalue weighted by atomic mass is 16.4. The number of aromatic nitrogens is 2. The fourth-order valence-electron chi connectivity index (χ4n) is 3.17. The first-order chi connectivity index (χ1) is 15.9. The molecule has 0 radical (unpaired) electrons. The van der Waals surface area contributed by atoms with Gasteiger partial charge in [0.05, 0.1) is 28.7 Å². The van der Waals surface area contributed by atoms with Gasteiger partial charge in [-0.1, -0.05) is 29.8 Å². The van der Waals surface area contributed by atoms with E-state index < -0.39 is 11.9 Å². The van der Waals surface area contributed by atoms with Crippen molar-refractivity contribution in [2.75, 3.05) is 5.43 Å². The summed E-state index contributed by atoms with van der Waals surface area (Å²) in [5.74, 6) is -2.01. The Balaban J connectivity index is 1.69. The SMILES string of the molecule is Cc1ccc(N/N=C/c2cn(-c3ccc(C(=O)O)cc3)nc2-c2ccc(C(=O)O)cc2)cc1. The molecule has 0 unspecified atom stereocenters. The van der Waals surface area contributed by atoms with Crippen LogP contribution >= 0.6 is 0 Å². The molecule has 0 amide bonds. The van der Waals surface area contributed by atoms with Gasteiger partial charge in [0.15, 0.2) is 0 Å². The van der Waals surface area contributed by atoms with Gasteiger partial charge in [-0.05, 0) is 55.5 Å². The Bertz CT molecular complexity index is 1320. The van der Waals surface area contributed by atoms with E-state index in [0.717, 1.165) is 16.8 Å². The van der Waals surface area contributed by atoms with Gasteiger partial charge in [-0.2, -0.15) is 10.2 Å². The predicted molar refractivity (Wildman–Crippen MR) is 125 cm³/mol. The number of nitrogens with zero attached hydrogens (tertiary/aromatic N) is 3. The molecule has 8 heteroatoms. The Morgan fingerprint density at radius 1 is 0.879 bits per heavy atom. The molecule has 1 aromatic heterocycles. The second kappa shape index (κ2) is 9.19. The van der Waals surface area contributed by atoms with Crippen LogP contribution in [0.1, 0.15) is 31.8 Å². The summed E-state index contributed by atoms with van der Waals surface area (Å²) in [7, 11) is 0. The lowest BCUT2D eigenvalue weighted by Gasteiger charge is -2.02. The Hall–Kier alpha value is -4.72. The van der Waals surface area contributed by atoms with Crippen LogP contribution in [0.5, 0.6) is 0 Å². The molecule has 0 bridgehead atoms. The van der Waals surface area contributed by atoms with Crippen molar-refractivity contribution in [3.8, 4) is 16.9 Å². The van der Waals surface area contributed by atoms with Crippen LogP contribution in [0, 0.1) is 6.92 Å². The van der Waals surface area contributed by atoms with E-state index in [4.69, 9.17) is 10.2 Å². The van der Waals surface area contributed by atoms with Gasteiger partial charge in [-0.25, -0.2) is 14.3 Å². The topological polar surface area (TPSA) is 117 Å². The fourth-order valence-corrected chi connectivity index (χ4v) is 3.17. The van der Waals surface area contributed by atoms with E-state index in [-0.39, 0.29) is 11.1 Å². The van der Waals surface area contributed by atoms with Gasteiger partial charge >= 0.3 is 11.9 Å². The van der Waals surface area contributed by atoms with E-state index >= 15 is 0 Å². The molecule has 1 heterocycles. The van der Waals surface area contributed by atoms with Crippen LogP contribution in [0.15, 0.2) is 84.1 Å². The first-order valence-corrected chi connectivity index (χ1v) is 10.0. The molecule has 8 nitrogen and oxygen atoms in total. The van der Waals surface area contributed by atoms with Crippen molar-refractivity contribution in [3.05, 3.63) is 101 Å². The number of hydrogen-bond donors (Lipinski definition) is 3. The lowest BCUT2D eigenvalue weighted by atomic mass is 10.1. The van der Waals surface area contributed by atoms with E-state index in [0.29, 0.717) is 16.9 Å². The molecular weight excluding hydrogens is 420 g/mol. The minimum Gasteiger partial charge on any atom is -0.478 e. The molecule has 3 N–H and O–H groups in total. The third-order valence-corrected chi connectivity index (χ3v) is 4.98. The van der Waals surface area contributed by atoms with Crippen LogP contribution in [0.3, 0.4) is 0 Å². The summed E-state index contributed by atoms with van der Waals surface area (Å²) in [6, 6.07) is 20.6. The van der Waals surface area contributed by atoms with Crippen LogP contribution in [-0.2, 0) is 0 Å². The Kier molecular flexibility index (Phi) is 5.99. The van der Waals surface area contributed by atoms with Gasteiger partial charge in [0.1, 0.15) is 5.69 Å². The first-order valence-electron chi connectivity index (χ1n) is 10.0. The quantitative estimate of drug-likeness (QED) is 0.284. The fraction of sp³-hybridized carbons (Fsp3) is 0.0400. The van der Waals surface area contributed by atoms with Crippen molar-refractivity contribution in [1.29, 1.82) is 0 Å². The zero-order chi connectivity index (χ0) is 23.4. The minimum atomic E-state index is -1.00. The van der Waals surface area contributed by atoms with Crippen molar-refractivity contribution in [1.82, 2.24) is 9.78 Å². The van der Waals surface area contributed by atoms with Crippen LogP contribution in [0.2, 0.25) is 0 Å². The van der Waals surface area contributed by atoms with Gasteiger partial charge in [0, 0.05) is 17.3 Å². The maximum absolute atomic E-state index is 11.2. The highest BCUT2D eigenvalue weighted by molar-refractivity contribution is 5.91. The molecule has 0 aliphatic rings. The average molecular weight is 440 g/mol. The van der Waals surface area contributed by atoms with E-state index in [1.165, 1.54) is 24.3 Å². The number of rotatable bonds is 7. The number of carboxylic acids is 2. The molecule has 0 aliphatic heterocycles.